The highest BCUT2D eigenvalue weighted by molar-refractivity contribution is 6.00. The normalized spacial score (nSPS) is 23.4. The Labute approximate surface area is 177 Å². The molecule has 1 fully saturated rings. The average Bonchev–Trinajstić information content (AvgIpc) is 3.04. The van der Waals surface area contributed by atoms with Gasteiger partial charge in [0, 0.05) is 11.6 Å². The number of anilines is 1. The van der Waals surface area contributed by atoms with Gasteiger partial charge in [-0.05, 0) is 40.4 Å². The molecule has 3 aromatic carbocycles. The van der Waals surface area contributed by atoms with Crippen molar-refractivity contribution in [2.24, 2.45) is 0 Å². The molecule has 8 nitrogen and oxygen atoms in total. The largest absolute Gasteiger partial charge is 0.490 e. The lowest BCUT2D eigenvalue weighted by atomic mass is 10.0. The van der Waals surface area contributed by atoms with Crippen LogP contribution in [0.3, 0.4) is 0 Å². The quantitative estimate of drug-likeness (QED) is 0.432. The van der Waals surface area contributed by atoms with Crippen molar-refractivity contribution in [2.45, 2.75) is 24.5 Å². The van der Waals surface area contributed by atoms with Crippen LogP contribution in [-0.4, -0.2) is 44.7 Å². The van der Waals surface area contributed by atoms with Crippen molar-refractivity contribution in [3.63, 3.8) is 0 Å². The lowest BCUT2D eigenvalue weighted by Gasteiger charge is -2.17. The molecule has 1 aromatic heterocycles. The number of aliphatic hydroxyl groups excluding tert-OH is 2. The van der Waals surface area contributed by atoms with Gasteiger partial charge in [-0.1, -0.05) is 36.4 Å². The molecule has 1 aliphatic heterocycles. The summed E-state index contributed by atoms with van der Waals surface area (Å²) < 4.78 is 12.8. The van der Waals surface area contributed by atoms with E-state index in [2.05, 4.69) is 23.2 Å². The van der Waals surface area contributed by atoms with Crippen molar-refractivity contribution in [1.29, 1.82) is 0 Å². The van der Waals surface area contributed by atoms with Crippen molar-refractivity contribution in [1.82, 2.24) is 9.55 Å². The summed E-state index contributed by atoms with van der Waals surface area (Å²) in [6, 6.07) is 19.4. The van der Waals surface area contributed by atoms with Crippen molar-refractivity contribution in [2.75, 3.05) is 12.3 Å². The van der Waals surface area contributed by atoms with Crippen LogP contribution in [-0.2, 0) is 4.74 Å². The molecule has 0 amide bonds. The van der Waals surface area contributed by atoms with Gasteiger partial charge >= 0.3 is 5.69 Å². The first-order valence-electron chi connectivity index (χ1n) is 9.92. The van der Waals surface area contributed by atoms with Crippen molar-refractivity contribution >= 4 is 27.4 Å². The van der Waals surface area contributed by atoms with Crippen LogP contribution in [0.1, 0.15) is 6.23 Å². The van der Waals surface area contributed by atoms with E-state index in [0.717, 1.165) is 26.1 Å². The van der Waals surface area contributed by atoms with E-state index in [1.165, 1.54) is 12.3 Å². The molecule has 5 rings (SSSR count). The van der Waals surface area contributed by atoms with Crippen LogP contribution in [0, 0.1) is 0 Å². The van der Waals surface area contributed by atoms with Gasteiger partial charge in [0.25, 0.3) is 0 Å². The summed E-state index contributed by atoms with van der Waals surface area (Å²) in [7, 11) is 0. The summed E-state index contributed by atoms with van der Waals surface area (Å²) in [5.74, 6) is 0.709. The Kier molecular flexibility index (Phi) is 4.82. The van der Waals surface area contributed by atoms with Gasteiger partial charge in [0.05, 0.1) is 0 Å². The maximum absolute atomic E-state index is 12.1. The third-order valence-electron chi connectivity index (χ3n) is 5.57. The number of fused-ring (bicyclic) bond motifs is 2. The molecule has 0 bridgehead atoms. The number of hydrogen-bond acceptors (Lipinski definition) is 7. The maximum Gasteiger partial charge on any atom is 0.351 e. The minimum Gasteiger partial charge on any atom is -0.490 e. The second kappa shape index (κ2) is 7.66. The van der Waals surface area contributed by atoms with E-state index in [1.807, 2.05) is 36.4 Å². The number of nitrogen functional groups attached to an aromatic ring is 1. The van der Waals surface area contributed by atoms with E-state index >= 15 is 0 Å². The second-order valence-electron chi connectivity index (χ2n) is 7.58. The SMILES string of the molecule is Nc1ccn([C@H]2O[C@H](COc3cccc4cc5ccccc5cc34)[C@H](O)[C@@H]2O)c(=O)n1. The van der Waals surface area contributed by atoms with E-state index in [1.54, 1.807) is 0 Å². The molecule has 0 unspecified atom stereocenters. The molecule has 0 spiro atoms. The molecule has 31 heavy (non-hydrogen) atoms. The summed E-state index contributed by atoms with van der Waals surface area (Å²) >= 11 is 0. The number of aliphatic hydroxyl groups is 2. The minimum atomic E-state index is -1.31. The molecule has 4 atom stereocenters. The van der Waals surface area contributed by atoms with Gasteiger partial charge < -0.3 is 25.4 Å². The molecule has 8 heteroatoms. The van der Waals surface area contributed by atoms with Crippen LogP contribution < -0.4 is 16.2 Å². The molecule has 4 aromatic rings. The Morgan fingerprint density at radius 2 is 1.74 bits per heavy atom. The van der Waals surface area contributed by atoms with Gasteiger partial charge in [-0.2, -0.15) is 4.98 Å². The predicted molar refractivity (Wildman–Crippen MR) is 116 cm³/mol. The van der Waals surface area contributed by atoms with Crippen LogP contribution in [0.15, 0.2) is 71.7 Å². The van der Waals surface area contributed by atoms with E-state index in [9.17, 15) is 15.0 Å². The maximum atomic E-state index is 12.1. The van der Waals surface area contributed by atoms with Crippen molar-refractivity contribution in [3.8, 4) is 5.75 Å². The molecule has 0 saturated carbocycles. The first-order chi connectivity index (χ1) is 15.0. The van der Waals surface area contributed by atoms with E-state index in [0.29, 0.717) is 5.75 Å². The highest BCUT2D eigenvalue weighted by Gasteiger charge is 2.44. The third kappa shape index (κ3) is 3.50. The average molecular weight is 419 g/mol. The molecule has 4 N–H and O–H groups in total. The van der Waals surface area contributed by atoms with Crippen LogP contribution in [0.25, 0.3) is 21.5 Å². The fourth-order valence-electron chi connectivity index (χ4n) is 3.95. The zero-order valence-electron chi connectivity index (χ0n) is 16.5. The molecule has 2 heterocycles. The van der Waals surface area contributed by atoms with Gasteiger partial charge in [0.2, 0.25) is 0 Å². The molecule has 1 saturated heterocycles. The first-order valence-corrected chi connectivity index (χ1v) is 9.92. The predicted octanol–water partition coefficient (Wildman–Crippen LogP) is 1.83. The number of aromatic nitrogens is 2. The van der Waals surface area contributed by atoms with Crippen LogP contribution >= 0.6 is 0 Å². The summed E-state index contributed by atoms with van der Waals surface area (Å²) in [6.07, 6.45) is -3.08. The number of ether oxygens (including phenoxy) is 2. The van der Waals surface area contributed by atoms with Crippen LogP contribution in [0.2, 0.25) is 0 Å². The van der Waals surface area contributed by atoms with Gasteiger partial charge in [-0.3, -0.25) is 4.57 Å². The Balaban J connectivity index is 1.39. The monoisotopic (exact) mass is 419 g/mol. The third-order valence-corrected chi connectivity index (χ3v) is 5.57. The van der Waals surface area contributed by atoms with Crippen molar-refractivity contribution < 1.29 is 19.7 Å². The lowest BCUT2D eigenvalue weighted by Crippen LogP contribution is -2.36. The number of benzene rings is 3. The Morgan fingerprint density at radius 3 is 2.52 bits per heavy atom. The zero-order chi connectivity index (χ0) is 21.5. The van der Waals surface area contributed by atoms with E-state index in [4.69, 9.17) is 15.2 Å². The number of rotatable bonds is 4. The summed E-state index contributed by atoms with van der Waals surface area (Å²) in [4.78, 5) is 15.7. The zero-order valence-corrected chi connectivity index (χ0v) is 16.5. The minimum absolute atomic E-state index is 0.00216. The highest BCUT2D eigenvalue weighted by Crippen LogP contribution is 2.32. The molecular weight excluding hydrogens is 398 g/mol. The highest BCUT2D eigenvalue weighted by atomic mass is 16.6. The van der Waals surface area contributed by atoms with Crippen LogP contribution in [0.5, 0.6) is 5.75 Å². The van der Waals surface area contributed by atoms with Gasteiger partial charge in [-0.15, -0.1) is 0 Å². The van der Waals surface area contributed by atoms with Gasteiger partial charge in [0.15, 0.2) is 6.23 Å². The topological polar surface area (TPSA) is 120 Å². The number of nitrogens with zero attached hydrogens (tertiary/aromatic N) is 2. The second-order valence-corrected chi connectivity index (χ2v) is 7.58. The number of hydrogen-bond donors (Lipinski definition) is 3. The molecule has 1 aliphatic rings. The van der Waals surface area contributed by atoms with Gasteiger partial charge in [0.1, 0.15) is 36.5 Å². The fraction of sp³-hybridized carbons (Fsp3) is 0.217. The standard InChI is InChI=1S/C23H21N3O5/c24-19-8-9-26(23(29)25-19)22-21(28)20(27)18(31-22)12-30-17-7-3-6-15-10-13-4-1-2-5-14(13)11-16(15)17/h1-11,18,20-22,27-28H,12H2,(H2,24,25,29)/t18-,20+,21+,22+/m1/s1. The smallest absolute Gasteiger partial charge is 0.351 e. The summed E-state index contributed by atoms with van der Waals surface area (Å²) in [5, 5.41) is 25.1. The van der Waals surface area contributed by atoms with E-state index < -0.39 is 30.2 Å². The Morgan fingerprint density at radius 1 is 1.00 bits per heavy atom. The Hall–Kier alpha value is -3.46. The number of nitrogens with two attached hydrogens (primary N) is 1. The van der Waals surface area contributed by atoms with Crippen molar-refractivity contribution in [3.05, 3.63) is 77.3 Å². The molecule has 158 valence electrons. The fourth-order valence-corrected chi connectivity index (χ4v) is 3.95. The molecule has 0 radical (unpaired) electrons. The molecular formula is C23H21N3O5. The van der Waals surface area contributed by atoms with E-state index in [-0.39, 0.29) is 12.4 Å². The van der Waals surface area contributed by atoms with Crippen LogP contribution in [0.4, 0.5) is 5.82 Å². The Bertz CT molecular complexity index is 1320. The first kappa shape index (κ1) is 19.5. The summed E-state index contributed by atoms with van der Waals surface area (Å²) in [6.45, 7) is -0.00216. The summed E-state index contributed by atoms with van der Waals surface area (Å²) in [5.41, 5.74) is 4.84. The molecule has 0 aliphatic carbocycles. The van der Waals surface area contributed by atoms with Gasteiger partial charge in [-0.25, -0.2) is 4.79 Å². The lowest BCUT2D eigenvalue weighted by molar-refractivity contribution is -0.0513.